The lowest BCUT2D eigenvalue weighted by Gasteiger charge is -2.29. The molecule has 0 aliphatic rings. The molecule has 2 heterocycles. The largest absolute Gasteiger partial charge is 0.457 e. The minimum Gasteiger partial charge on any atom is -0.457 e. The molecule has 326 valence electrons. The molecule has 2 nitrogen and oxygen atoms in total. The molecule has 0 spiro atoms. The zero-order valence-electron chi connectivity index (χ0n) is 42.4. The first-order chi connectivity index (χ1) is 38.4. The van der Waals surface area contributed by atoms with E-state index in [2.05, 4.69) is 72.8 Å². The van der Waals surface area contributed by atoms with E-state index in [1.54, 1.807) is 0 Å². The maximum absolute atomic E-state index is 7.35. The van der Waals surface area contributed by atoms with Gasteiger partial charge in [0.25, 0.3) is 0 Å². The van der Waals surface area contributed by atoms with Crippen LogP contribution in [0.25, 0.3) is 153 Å². The van der Waals surface area contributed by atoms with Gasteiger partial charge in [0.15, 0.2) is 0 Å². The van der Waals surface area contributed by atoms with Crippen LogP contribution in [0.4, 0.5) is 0 Å². The van der Waals surface area contributed by atoms with E-state index in [-0.39, 0.29) is 143 Å². The number of fused-ring (bicyclic) bond motifs is 6. The second-order valence-electron chi connectivity index (χ2n) is 20.8. The summed E-state index contributed by atoms with van der Waals surface area (Å²) in [6, 6.07) is 37.0. The number of hydrogen-bond donors (Lipinski definition) is 0. The fourth-order valence-corrected chi connectivity index (χ4v) is 13.2. The average Bonchev–Trinajstić information content (AvgIpc) is 3.27. The van der Waals surface area contributed by atoms with Crippen LogP contribution >= 0.6 is 0 Å². The van der Waals surface area contributed by atoms with Crippen LogP contribution in [0.5, 0.6) is 0 Å². The van der Waals surface area contributed by atoms with Crippen molar-refractivity contribution in [3.8, 4) is 44.5 Å². The Balaban J connectivity index is 0.974. The molecular formula is C62H18B16O2. The molecule has 0 fully saturated rings. The highest BCUT2D eigenvalue weighted by Gasteiger charge is 2.30. The van der Waals surface area contributed by atoms with Crippen LogP contribution in [0.3, 0.4) is 0 Å². The van der Waals surface area contributed by atoms with Crippen LogP contribution in [-0.2, 0) is 0 Å². The Hall–Kier alpha value is -7.42. The van der Waals surface area contributed by atoms with Gasteiger partial charge in [0.1, 0.15) is 148 Å². The predicted octanol–water partition coefficient (Wildman–Crippen LogP) is -1.35. The van der Waals surface area contributed by atoms with E-state index in [4.69, 9.17) is 134 Å². The summed E-state index contributed by atoms with van der Waals surface area (Å²) in [7, 11) is 113. The van der Waals surface area contributed by atoms with Crippen LogP contribution in [-0.4, -0.2) is 126 Å². The molecule has 13 aromatic carbocycles. The molecule has 0 unspecified atom stereocenters. The highest BCUT2D eigenvalue weighted by atomic mass is 16.3. The molecule has 0 atom stereocenters. The summed E-state index contributed by atoms with van der Waals surface area (Å²) < 4.78 is 12.9. The predicted molar refractivity (Wildman–Crippen MR) is 356 cm³/mol. The fourth-order valence-electron chi connectivity index (χ4n) is 13.2. The number of hydrogen-bond acceptors (Lipinski definition) is 2. The first kappa shape index (κ1) is 49.6. The van der Waals surface area contributed by atoms with E-state index >= 15 is 0 Å². The molecule has 32 radical (unpaired) electrons. The lowest BCUT2D eigenvalue weighted by Crippen LogP contribution is -2.50. The topological polar surface area (TPSA) is 26.3 Å². The van der Waals surface area contributed by atoms with Crippen molar-refractivity contribution < 1.29 is 8.83 Å². The van der Waals surface area contributed by atoms with Crippen molar-refractivity contribution >= 4 is 321 Å². The van der Waals surface area contributed by atoms with E-state index in [0.717, 1.165) is 75.8 Å². The molecule has 2 aromatic heterocycles. The molecule has 0 saturated carbocycles. The van der Waals surface area contributed by atoms with Gasteiger partial charge in [-0.1, -0.05) is 191 Å². The van der Waals surface area contributed by atoms with E-state index < -0.39 is 0 Å². The summed E-state index contributed by atoms with van der Waals surface area (Å²) in [6.07, 6.45) is 0. The molecule has 0 aliphatic heterocycles. The maximum atomic E-state index is 7.35. The molecule has 0 saturated heterocycles. The summed E-state index contributed by atoms with van der Waals surface area (Å²) in [6.45, 7) is 0. The summed E-state index contributed by atoms with van der Waals surface area (Å²) in [4.78, 5) is 0. The number of rotatable bonds is 4. The van der Waals surface area contributed by atoms with Crippen LogP contribution in [0, 0.1) is 0 Å². The molecular weight excluding hydrogens is 950 g/mol. The van der Waals surface area contributed by atoms with Crippen molar-refractivity contribution in [3.05, 3.63) is 109 Å². The van der Waals surface area contributed by atoms with Crippen molar-refractivity contribution in [2.45, 2.75) is 0 Å². The standard InChI is InChI=1S/C62H18B16O2/c63-43-33(27-17-13-23-9-7-19-3-1-5-21-11-15-25(27)31(23)29(19)21)48(68)55(75)59-39(43)41-46(66)37(52(72)57(77)61(41)79-59)35-45(65)36(51(71)54(74)50(35)70)38-47(67)42-40-44(64)34(49(69)56(76)60(40)80-62(42)58(78)53(38)73)28-18-14-24-10-8-20-4-2-6-22-12-16-26(28)32(24)30(20)22/h1-18H. The van der Waals surface area contributed by atoms with Crippen molar-refractivity contribution in [2.24, 2.45) is 0 Å². The second-order valence-corrected chi connectivity index (χ2v) is 20.8. The Labute approximate surface area is 480 Å². The van der Waals surface area contributed by atoms with Gasteiger partial charge in [-0.05, 0) is 109 Å². The lowest BCUT2D eigenvalue weighted by molar-refractivity contribution is 0.674. The molecule has 18 heteroatoms. The fraction of sp³-hybridized carbons (Fsp3) is 0. The molecule has 0 amide bonds. The third kappa shape index (κ3) is 6.21. The van der Waals surface area contributed by atoms with Gasteiger partial charge < -0.3 is 8.83 Å². The molecule has 0 N–H and O–H groups in total. The monoisotopic (exact) mass is 970 g/mol. The quantitative estimate of drug-likeness (QED) is 0.162. The Morgan fingerprint density at radius 2 is 0.438 bits per heavy atom. The van der Waals surface area contributed by atoms with Gasteiger partial charge in [-0.15, -0.1) is 5.46 Å². The minimum absolute atomic E-state index is 0.00747. The molecule has 80 heavy (non-hydrogen) atoms. The Kier molecular flexibility index (Phi) is 10.6. The molecule has 0 bridgehead atoms. The summed E-state index contributed by atoms with van der Waals surface area (Å²) in [5.41, 5.74) is 3.43. The number of furan rings is 2. The van der Waals surface area contributed by atoms with Gasteiger partial charge in [-0.25, -0.2) is 0 Å². The maximum Gasteiger partial charge on any atom is 0.127 e. The number of benzene rings is 13. The molecule has 15 aromatic rings. The Bertz CT molecular complexity index is 5030. The second kappa shape index (κ2) is 17.1. The summed E-state index contributed by atoms with van der Waals surface area (Å²) >= 11 is 0. The van der Waals surface area contributed by atoms with Crippen LogP contribution < -0.4 is 87.4 Å². The SMILES string of the molecule is [B]c1c([B])c(-c2c([B])c([B])c3oc4c([B])c([B])c(-c5ccc6ccc7cccc8ccc5c6c78)c([B])c4c3c2[B])c([B])c(-c2c([B])c([B])c3oc4c([B])c([B])c(-c5ccc6ccc7cccc8ccc5c6c78)c([B])c4c3c2[B])c1[B]. The zero-order valence-corrected chi connectivity index (χ0v) is 42.4. The van der Waals surface area contributed by atoms with Crippen molar-refractivity contribution in [2.75, 3.05) is 0 Å². The normalized spacial score (nSPS) is 12.3. The third-order valence-electron chi connectivity index (χ3n) is 16.9. The van der Waals surface area contributed by atoms with Gasteiger partial charge in [0.2, 0.25) is 0 Å². The highest BCUT2D eigenvalue weighted by molar-refractivity contribution is 6.71. The smallest absolute Gasteiger partial charge is 0.127 e. The van der Waals surface area contributed by atoms with E-state index in [1.165, 1.54) is 0 Å². The average molecular weight is 968 g/mol. The third-order valence-corrected chi connectivity index (χ3v) is 16.9. The van der Waals surface area contributed by atoms with Crippen LogP contribution in [0.1, 0.15) is 0 Å². The van der Waals surface area contributed by atoms with Crippen molar-refractivity contribution in [3.63, 3.8) is 0 Å². The van der Waals surface area contributed by atoms with E-state index in [9.17, 15) is 0 Å². The Morgan fingerprint density at radius 3 is 0.775 bits per heavy atom. The van der Waals surface area contributed by atoms with Crippen LogP contribution in [0.15, 0.2) is 118 Å². The zero-order chi connectivity index (χ0) is 55.5. The van der Waals surface area contributed by atoms with Gasteiger partial charge in [0.05, 0.1) is 0 Å². The first-order valence-electron chi connectivity index (χ1n) is 25.4. The van der Waals surface area contributed by atoms with Gasteiger partial charge in [-0.3, -0.25) is 0 Å². The van der Waals surface area contributed by atoms with Gasteiger partial charge >= 0.3 is 0 Å². The minimum atomic E-state index is -0.117. The first-order valence-corrected chi connectivity index (χ1v) is 25.4. The molecule has 15 rings (SSSR count). The van der Waals surface area contributed by atoms with Crippen molar-refractivity contribution in [1.82, 2.24) is 0 Å². The highest BCUT2D eigenvalue weighted by Crippen LogP contribution is 2.42. The molecule has 0 aliphatic carbocycles. The summed E-state index contributed by atoms with van der Waals surface area (Å²) in [5, 5.41) is 13.7. The van der Waals surface area contributed by atoms with E-state index in [0.29, 0.717) is 21.9 Å². The summed E-state index contributed by atoms with van der Waals surface area (Å²) in [5.74, 6) is 0. The Morgan fingerprint density at radius 1 is 0.188 bits per heavy atom. The van der Waals surface area contributed by atoms with Crippen molar-refractivity contribution in [1.29, 1.82) is 0 Å². The van der Waals surface area contributed by atoms with Gasteiger partial charge in [0, 0.05) is 21.5 Å². The van der Waals surface area contributed by atoms with Gasteiger partial charge in [-0.2, -0.15) is 0 Å². The lowest BCUT2D eigenvalue weighted by atomic mass is 9.57. The van der Waals surface area contributed by atoms with Crippen LogP contribution in [0.2, 0.25) is 0 Å². The van der Waals surface area contributed by atoms with E-state index in [1.807, 2.05) is 36.4 Å².